The average molecular weight is 321 g/mol. The topological polar surface area (TPSA) is 132 Å². The van der Waals surface area contributed by atoms with Gasteiger partial charge in [0.1, 0.15) is 6.04 Å². The molecule has 0 spiro atoms. The van der Waals surface area contributed by atoms with Crippen molar-refractivity contribution in [2.75, 3.05) is 0 Å². The van der Waals surface area contributed by atoms with Gasteiger partial charge in [0.25, 0.3) is 5.91 Å². The predicted octanol–water partition coefficient (Wildman–Crippen LogP) is -0.353. The Hall–Kier alpha value is -2.74. The summed E-state index contributed by atoms with van der Waals surface area (Å²) in [5.41, 5.74) is -1.80. The van der Waals surface area contributed by atoms with E-state index in [0.717, 1.165) is 0 Å². The van der Waals surface area contributed by atoms with E-state index in [2.05, 4.69) is 0 Å². The normalized spacial score (nSPS) is 22.2. The zero-order valence-corrected chi connectivity index (χ0v) is 12.0. The van der Waals surface area contributed by atoms with Crippen molar-refractivity contribution in [1.29, 1.82) is 0 Å². The summed E-state index contributed by atoms with van der Waals surface area (Å²) in [6.07, 6.45) is -1.82. The van der Waals surface area contributed by atoms with Gasteiger partial charge in [0, 0.05) is 6.42 Å². The molecule has 1 aliphatic heterocycles. The number of rotatable bonds is 6. The summed E-state index contributed by atoms with van der Waals surface area (Å²) < 4.78 is 0. The zero-order valence-electron chi connectivity index (χ0n) is 12.0. The van der Waals surface area contributed by atoms with Crippen LogP contribution in [0.25, 0.3) is 0 Å². The Morgan fingerprint density at radius 2 is 1.78 bits per heavy atom. The van der Waals surface area contributed by atoms with Crippen molar-refractivity contribution in [1.82, 2.24) is 4.90 Å². The highest BCUT2D eigenvalue weighted by Gasteiger charge is 2.54. The predicted molar refractivity (Wildman–Crippen MR) is 75.2 cm³/mol. The monoisotopic (exact) mass is 321 g/mol. The first-order valence-corrected chi connectivity index (χ1v) is 6.82. The number of carboxylic acids is 2. The molecule has 8 heteroatoms. The van der Waals surface area contributed by atoms with Gasteiger partial charge in [0.15, 0.2) is 5.60 Å². The highest BCUT2D eigenvalue weighted by Crippen LogP contribution is 2.30. The minimum absolute atomic E-state index is 0.128. The molecule has 1 heterocycles. The third-order valence-corrected chi connectivity index (χ3v) is 3.64. The second-order valence-corrected chi connectivity index (χ2v) is 5.39. The Balaban J connectivity index is 2.29. The van der Waals surface area contributed by atoms with Gasteiger partial charge in [-0.25, -0.2) is 4.79 Å². The fraction of sp³-hybridized carbons (Fsp3) is 0.333. The van der Waals surface area contributed by atoms with Gasteiger partial charge in [-0.1, -0.05) is 30.3 Å². The molecule has 0 bridgehead atoms. The summed E-state index contributed by atoms with van der Waals surface area (Å²) in [5, 5.41) is 28.2. The Bertz CT molecular complexity index is 657. The molecule has 2 atom stereocenters. The van der Waals surface area contributed by atoms with Crippen molar-refractivity contribution in [2.24, 2.45) is 0 Å². The van der Waals surface area contributed by atoms with Gasteiger partial charge in [0.05, 0.1) is 12.8 Å². The number of likely N-dealkylation sites (tertiary alicyclic amines) is 1. The molecule has 2 rings (SSSR count). The van der Waals surface area contributed by atoms with Crippen molar-refractivity contribution < 1.29 is 34.5 Å². The number of amides is 2. The van der Waals surface area contributed by atoms with E-state index in [9.17, 15) is 29.4 Å². The van der Waals surface area contributed by atoms with Crippen molar-refractivity contribution in [3.05, 3.63) is 35.9 Å². The van der Waals surface area contributed by atoms with Crippen LogP contribution in [0.4, 0.5) is 0 Å². The SMILES string of the molecule is O=C(O)CC1(O)CC(=O)N(C(Cc2ccccc2)C(=O)O)C1=O. The van der Waals surface area contributed by atoms with E-state index >= 15 is 0 Å². The Kier molecular flexibility index (Phi) is 4.46. The number of carbonyl (C=O) groups is 4. The summed E-state index contributed by atoms with van der Waals surface area (Å²) in [6.45, 7) is 0. The van der Waals surface area contributed by atoms with Gasteiger partial charge in [-0.2, -0.15) is 0 Å². The van der Waals surface area contributed by atoms with E-state index in [1.54, 1.807) is 30.3 Å². The van der Waals surface area contributed by atoms with Gasteiger partial charge >= 0.3 is 11.9 Å². The molecule has 2 unspecified atom stereocenters. The van der Waals surface area contributed by atoms with Crippen LogP contribution in [0.5, 0.6) is 0 Å². The molecule has 0 saturated carbocycles. The second-order valence-electron chi connectivity index (χ2n) is 5.39. The lowest BCUT2D eigenvalue weighted by Gasteiger charge is -2.24. The van der Waals surface area contributed by atoms with Gasteiger partial charge in [-0.15, -0.1) is 0 Å². The maximum atomic E-state index is 12.2. The van der Waals surface area contributed by atoms with Gasteiger partial charge in [-0.05, 0) is 5.56 Å². The smallest absolute Gasteiger partial charge is 0.327 e. The van der Waals surface area contributed by atoms with Crippen molar-refractivity contribution in [2.45, 2.75) is 30.9 Å². The summed E-state index contributed by atoms with van der Waals surface area (Å²) in [4.78, 5) is 46.9. The summed E-state index contributed by atoms with van der Waals surface area (Å²) in [5.74, 6) is -4.95. The quantitative estimate of drug-likeness (QED) is 0.610. The number of hydrogen-bond acceptors (Lipinski definition) is 5. The van der Waals surface area contributed by atoms with Crippen molar-refractivity contribution >= 4 is 23.8 Å². The van der Waals surface area contributed by atoms with E-state index in [-0.39, 0.29) is 6.42 Å². The van der Waals surface area contributed by atoms with Crippen LogP contribution in [-0.2, 0) is 25.6 Å². The summed E-state index contributed by atoms with van der Waals surface area (Å²) in [6, 6.07) is 6.89. The van der Waals surface area contributed by atoms with Crippen LogP contribution in [-0.4, -0.2) is 55.6 Å². The molecular formula is C15H15NO7. The maximum absolute atomic E-state index is 12.2. The van der Waals surface area contributed by atoms with Crippen LogP contribution < -0.4 is 0 Å². The fourth-order valence-electron chi connectivity index (χ4n) is 2.58. The highest BCUT2D eigenvalue weighted by molar-refractivity contribution is 6.11. The minimum Gasteiger partial charge on any atom is -0.481 e. The highest BCUT2D eigenvalue weighted by atomic mass is 16.4. The standard InChI is InChI=1S/C15H15NO7/c17-11-7-15(23,8-12(18)19)14(22)16(11)10(13(20)21)6-9-4-2-1-3-5-9/h1-5,10,23H,6-8H2,(H,18,19)(H,20,21). The van der Waals surface area contributed by atoms with Crippen molar-refractivity contribution in [3.8, 4) is 0 Å². The molecule has 1 aromatic carbocycles. The molecule has 122 valence electrons. The number of aliphatic hydroxyl groups is 1. The number of benzene rings is 1. The van der Waals surface area contributed by atoms with Crippen LogP contribution in [0, 0.1) is 0 Å². The van der Waals surface area contributed by atoms with Crippen LogP contribution >= 0.6 is 0 Å². The molecule has 0 aromatic heterocycles. The molecule has 3 N–H and O–H groups in total. The number of carboxylic acid groups (broad SMARTS) is 2. The lowest BCUT2D eigenvalue weighted by atomic mass is 9.98. The number of imide groups is 1. The first-order valence-electron chi connectivity index (χ1n) is 6.82. The van der Waals surface area contributed by atoms with E-state index in [1.807, 2.05) is 0 Å². The number of carbonyl (C=O) groups excluding carboxylic acids is 2. The molecule has 1 aliphatic rings. The molecule has 1 fully saturated rings. The molecule has 1 aromatic rings. The lowest BCUT2D eigenvalue weighted by molar-refractivity contribution is -0.160. The number of hydrogen-bond donors (Lipinski definition) is 3. The molecule has 0 radical (unpaired) electrons. The Morgan fingerprint density at radius 1 is 1.17 bits per heavy atom. The lowest BCUT2D eigenvalue weighted by Crippen LogP contribution is -2.50. The van der Waals surface area contributed by atoms with Crippen LogP contribution in [0.1, 0.15) is 18.4 Å². The average Bonchev–Trinajstić information content (AvgIpc) is 2.66. The first kappa shape index (κ1) is 16.6. The minimum atomic E-state index is -2.40. The third-order valence-electron chi connectivity index (χ3n) is 3.64. The summed E-state index contributed by atoms with van der Waals surface area (Å²) >= 11 is 0. The fourth-order valence-corrected chi connectivity index (χ4v) is 2.58. The summed E-state index contributed by atoms with van der Waals surface area (Å²) in [7, 11) is 0. The van der Waals surface area contributed by atoms with E-state index in [0.29, 0.717) is 10.5 Å². The first-order chi connectivity index (χ1) is 10.7. The van der Waals surface area contributed by atoms with E-state index < -0.39 is 48.2 Å². The molecular weight excluding hydrogens is 306 g/mol. The van der Waals surface area contributed by atoms with Crippen LogP contribution in [0.15, 0.2) is 30.3 Å². The second kappa shape index (κ2) is 6.17. The van der Waals surface area contributed by atoms with Crippen molar-refractivity contribution in [3.63, 3.8) is 0 Å². The maximum Gasteiger partial charge on any atom is 0.327 e. The molecule has 1 saturated heterocycles. The van der Waals surface area contributed by atoms with E-state index in [4.69, 9.17) is 5.11 Å². The largest absolute Gasteiger partial charge is 0.481 e. The molecule has 2 amide bonds. The van der Waals surface area contributed by atoms with E-state index in [1.165, 1.54) is 0 Å². The Labute approximate surface area is 130 Å². The van der Waals surface area contributed by atoms with Crippen LogP contribution in [0.2, 0.25) is 0 Å². The molecule has 8 nitrogen and oxygen atoms in total. The third kappa shape index (κ3) is 3.37. The molecule has 0 aliphatic carbocycles. The Morgan fingerprint density at radius 3 is 2.30 bits per heavy atom. The van der Waals surface area contributed by atoms with Gasteiger partial charge in [0.2, 0.25) is 5.91 Å². The number of aliphatic carboxylic acids is 2. The molecule has 23 heavy (non-hydrogen) atoms. The number of nitrogens with zero attached hydrogens (tertiary/aromatic N) is 1. The van der Waals surface area contributed by atoms with Gasteiger partial charge < -0.3 is 15.3 Å². The van der Waals surface area contributed by atoms with Crippen LogP contribution in [0.3, 0.4) is 0 Å². The van der Waals surface area contributed by atoms with Gasteiger partial charge in [-0.3, -0.25) is 19.3 Å². The zero-order chi connectivity index (χ0) is 17.2.